The summed E-state index contributed by atoms with van der Waals surface area (Å²) in [4.78, 5) is 14.7. The molecule has 1 heterocycles. The van der Waals surface area contributed by atoms with E-state index < -0.39 is 0 Å². The van der Waals surface area contributed by atoms with Crippen molar-refractivity contribution in [2.45, 2.75) is 38.6 Å². The van der Waals surface area contributed by atoms with Gasteiger partial charge in [-0.15, -0.1) is 0 Å². The van der Waals surface area contributed by atoms with Gasteiger partial charge < -0.3 is 10.3 Å². The Bertz CT molecular complexity index is 490. The maximum Gasteiger partial charge on any atom is 0.286 e. The number of rotatable bonds is 2. The van der Waals surface area contributed by atoms with E-state index in [4.69, 9.17) is 12.2 Å². The van der Waals surface area contributed by atoms with Gasteiger partial charge in [0.15, 0.2) is 5.11 Å². The molecule has 1 aliphatic carbocycles. The smallest absolute Gasteiger partial charge is 0.286 e. The second kappa shape index (κ2) is 7.08. The first-order chi connectivity index (χ1) is 9.56. The van der Waals surface area contributed by atoms with E-state index in [0.29, 0.717) is 22.8 Å². The average molecular weight is 359 g/mol. The maximum absolute atomic E-state index is 11.8. The Morgan fingerprint density at radius 1 is 1.40 bits per heavy atom. The van der Waals surface area contributed by atoms with Gasteiger partial charge in [0.2, 0.25) is 0 Å². The number of carbonyl (C=O) groups excluding carboxylic acids is 1. The molecule has 4 N–H and O–H groups in total. The van der Waals surface area contributed by atoms with Crippen molar-refractivity contribution < 1.29 is 4.79 Å². The van der Waals surface area contributed by atoms with E-state index in [1.165, 1.54) is 19.3 Å². The Kier molecular flexibility index (Phi) is 5.42. The molecule has 1 saturated carbocycles. The van der Waals surface area contributed by atoms with Gasteiger partial charge in [0.25, 0.3) is 5.91 Å². The molecule has 0 bridgehead atoms. The highest BCUT2D eigenvalue weighted by molar-refractivity contribution is 9.10. The summed E-state index contributed by atoms with van der Waals surface area (Å²) in [5, 5.41) is 3.73. The fraction of sp³-hybridized carbons (Fsp3) is 0.538. The Labute approximate surface area is 132 Å². The quantitative estimate of drug-likeness (QED) is 0.484. The van der Waals surface area contributed by atoms with Gasteiger partial charge in [-0.1, -0.05) is 19.8 Å². The Hall–Kier alpha value is -1.08. The average Bonchev–Trinajstić information content (AvgIpc) is 2.85. The van der Waals surface area contributed by atoms with Crippen LogP contribution in [0, 0.1) is 5.92 Å². The molecule has 20 heavy (non-hydrogen) atoms. The molecule has 5 nitrogen and oxygen atoms in total. The van der Waals surface area contributed by atoms with Crippen molar-refractivity contribution >= 4 is 39.2 Å². The van der Waals surface area contributed by atoms with Crippen LogP contribution in [0.2, 0.25) is 0 Å². The lowest BCUT2D eigenvalue weighted by atomic mass is 9.86. The van der Waals surface area contributed by atoms with Gasteiger partial charge in [0, 0.05) is 16.7 Å². The van der Waals surface area contributed by atoms with Crippen LogP contribution in [0.15, 0.2) is 16.7 Å². The summed E-state index contributed by atoms with van der Waals surface area (Å²) in [5.74, 6) is 0.357. The lowest BCUT2D eigenvalue weighted by Gasteiger charge is -2.30. The van der Waals surface area contributed by atoms with Crippen LogP contribution in [0.4, 0.5) is 0 Å². The zero-order valence-corrected chi connectivity index (χ0v) is 13.7. The largest absolute Gasteiger partial charge is 0.358 e. The highest BCUT2D eigenvalue weighted by atomic mass is 79.9. The molecule has 2 atom stereocenters. The lowest BCUT2D eigenvalue weighted by molar-refractivity contribution is 0.0939. The first-order valence-corrected chi connectivity index (χ1v) is 7.97. The lowest BCUT2D eigenvalue weighted by Crippen LogP contribution is -2.51. The van der Waals surface area contributed by atoms with Crippen LogP contribution in [0.5, 0.6) is 0 Å². The number of hydrogen-bond acceptors (Lipinski definition) is 2. The minimum Gasteiger partial charge on any atom is -0.358 e. The molecule has 1 aromatic rings. The summed E-state index contributed by atoms with van der Waals surface area (Å²) in [5.41, 5.74) is 5.79. The molecule has 1 amide bonds. The molecule has 2 rings (SSSR count). The molecule has 0 saturated heterocycles. The predicted molar refractivity (Wildman–Crippen MR) is 86.2 cm³/mol. The highest BCUT2D eigenvalue weighted by Gasteiger charge is 2.21. The highest BCUT2D eigenvalue weighted by Crippen LogP contribution is 2.23. The van der Waals surface area contributed by atoms with Crippen molar-refractivity contribution in [1.82, 2.24) is 21.2 Å². The monoisotopic (exact) mass is 358 g/mol. The molecule has 1 fully saturated rings. The molecular weight excluding hydrogens is 340 g/mol. The molecule has 1 aliphatic rings. The topological polar surface area (TPSA) is 68.9 Å². The summed E-state index contributed by atoms with van der Waals surface area (Å²) in [6.45, 7) is 2.23. The summed E-state index contributed by atoms with van der Waals surface area (Å²) in [6, 6.07) is 2.09. The van der Waals surface area contributed by atoms with E-state index >= 15 is 0 Å². The number of nitrogens with one attached hydrogen (secondary N) is 4. The maximum atomic E-state index is 11.8. The second-order valence-corrected chi connectivity index (χ2v) is 6.48. The van der Waals surface area contributed by atoms with E-state index in [2.05, 4.69) is 44.0 Å². The number of H-pyrrole nitrogens is 1. The minimum atomic E-state index is -0.253. The van der Waals surface area contributed by atoms with Gasteiger partial charge in [-0.25, -0.2) is 0 Å². The van der Waals surface area contributed by atoms with Crippen molar-refractivity contribution in [1.29, 1.82) is 0 Å². The van der Waals surface area contributed by atoms with Crippen molar-refractivity contribution in [2.24, 2.45) is 5.92 Å². The number of thiocarbonyl (C=S) groups is 1. The van der Waals surface area contributed by atoms with Crippen LogP contribution in [-0.4, -0.2) is 22.0 Å². The van der Waals surface area contributed by atoms with Crippen molar-refractivity contribution in [2.75, 3.05) is 0 Å². The van der Waals surface area contributed by atoms with Gasteiger partial charge >= 0.3 is 0 Å². The van der Waals surface area contributed by atoms with Crippen LogP contribution in [0.3, 0.4) is 0 Å². The number of halogens is 1. The molecule has 0 unspecified atom stereocenters. The molecular formula is C13H19BrN4OS. The molecule has 1 aromatic heterocycles. The van der Waals surface area contributed by atoms with E-state index in [1.54, 1.807) is 12.3 Å². The zero-order chi connectivity index (χ0) is 14.5. The van der Waals surface area contributed by atoms with Gasteiger partial charge in [-0.3, -0.25) is 15.6 Å². The third-order valence-electron chi connectivity index (χ3n) is 3.61. The first-order valence-electron chi connectivity index (χ1n) is 6.77. The minimum absolute atomic E-state index is 0.253. The number of aromatic amines is 1. The standard InChI is InChI=1S/C13H19BrN4OS/c1-8-4-2-3-5-10(8)16-13(20)18-17-12(19)11-6-9(14)7-15-11/h6-8,10,15H,2-5H2,1H3,(H,17,19)(H2,16,18,20)/t8-,10-/m1/s1. The summed E-state index contributed by atoms with van der Waals surface area (Å²) >= 11 is 8.49. The van der Waals surface area contributed by atoms with Gasteiger partial charge in [0.05, 0.1) is 0 Å². The van der Waals surface area contributed by atoms with Crippen molar-refractivity contribution in [3.05, 3.63) is 22.4 Å². The fourth-order valence-electron chi connectivity index (χ4n) is 2.42. The fourth-order valence-corrected chi connectivity index (χ4v) is 2.96. The van der Waals surface area contributed by atoms with Crippen LogP contribution < -0.4 is 16.2 Å². The first kappa shape index (κ1) is 15.3. The molecule has 0 aromatic carbocycles. The third-order valence-corrected chi connectivity index (χ3v) is 4.29. The number of aromatic nitrogens is 1. The van der Waals surface area contributed by atoms with Crippen LogP contribution in [0.1, 0.15) is 43.1 Å². The molecule has 7 heteroatoms. The Balaban J connectivity index is 1.76. The normalized spacial score (nSPS) is 22.1. The summed E-state index contributed by atoms with van der Waals surface area (Å²) in [6.07, 6.45) is 6.57. The Morgan fingerprint density at radius 2 is 2.15 bits per heavy atom. The van der Waals surface area contributed by atoms with Gasteiger partial charge in [-0.05, 0) is 53.0 Å². The number of carbonyl (C=O) groups is 1. The van der Waals surface area contributed by atoms with Crippen molar-refractivity contribution in [3.63, 3.8) is 0 Å². The summed E-state index contributed by atoms with van der Waals surface area (Å²) < 4.78 is 0.833. The summed E-state index contributed by atoms with van der Waals surface area (Å²) in [7, 11) is 0. The zero-order valence-electron chi connectivity index (χ0n) is 11.3. The predicted octanol–water partition coefficient (Wildman–Crippen LogP) is 2.46. The molecule has 110 valence electrons. The van der Waals surface area contributed by atoms with E-state index in [9.17, 15) is 4.79 Å². The van der Waals surface area contributed by atoms with E-state index in [1.807, 2.05) is 0 Å². The molecule has 0 aliphatic heterocycles. The van der Waals surface area contributed by atoms with Gasteiger partial charge in [-0.2, -0.15) is 0 Å². The number of hydrazine groups is 1. The Morgan fingerprint density at radius 3 is 2.80 bits per heavy atom. The van der Waals surface area contributed by atoms with E-state index in [-0.39, 0.29) is 5.91 Å². The second-order valence-electron chi connectivity index (χ2n) is 5.15. The SMILES string of the molecule is C[C@@H]1CCCC[C@H]1NC(=S)NNC(=O)c1cc(Br)c[nH]1. The van der Waals surface area contributed by atoms with Crippen molar-refractivity contribution in [3.8, 4) is 0 Å². The van der Waals surface area contributed by atoms with Crippen LogP contribution in [-0.2, 0) is 0 Å². The number of hydrogen-bond donors (Lipinski definition) is 4. The van der Waals surface area contributed by atoms with Crippen LogP contribution in [0.25, 0.3) is 0 Å². The molecule has 0 radical (unpaired) electrons. The van der Waals surface area contributed by atoms with E-state index in [0.717, 1.165) is 10.9 Å². The number of amides is 1. The molecule has 0 spiro atoms. The van der Waals surface area contributed by atoms with Crippen LogP contribution >= 0.6 is 28.1 Å². The third kappa shape index (κ3) is 4.21. The van der Waals surface area contributed by atoms with Gasteiger partial charge in [0.1, 0.15) is 5.69 Å².